The Morgan fingerprint density at radius 3 is 2.30 bits per heavy atom. The second-order valence-electron chi connectivity index (χ2n) is 21.9. The number of nitrogens with zero attached hydrogens (tertiary/aromatic N) is 6. The highest BCUT2D eigenvalue weighted by Crippen LogP contribution is 2.32. The lowest BCUT2D eigenvalue weighted by atomic mass is 9.91. The van der Waals surface area contributed by atoms with Crippen molar-refractivity contribution in [1.29, 1.82) is 0 Å². The molecule has 2 aliphatic heterocycles. The van der Waals surface area contributed by atoms with Gasteiger partial charge < -0.3 is 40.9 Å². The van der Waals surface area contributed by atoms with Gasteiger partial charge in [0.25, 0.3) is 5.91 Å². The molecule has 9 rings (SSSR count). The molecule has 5 atom stereocenters. The number of pyridine rings is 2. The number of benzene rings is 3. The van der Waals surface area contributed by atoms with Crippen LogP contribution < -0.4 is 25.6 Å². The Kier molecular flexibility index (Phi) is 18.3. The van der Waals surface area contributed by atoms with E-state index in [0.717, 1.165) is 57.5 Å². The minimum Gasteiger partial charge on any atom is -0.392 e. The molecule has 0 radical (unpaired) electrons. The molecule has 2 saturated heterocycles. The van der Waals surface area contributed by atoms with Crippen molar-refractivity contribution in [3.8, 4) is 0 Å². The Morgan fingerprint density at radius 2 is 1.58 bits per heavy atom. The van der Waals surface area contributed by atoms with Crippen molar-refractivity contribution in [3.63, 3.8) is 0 Å². The normalized spacial score (nSPS) is 18.9. The predicted octanol–water partition coefficient (Wildman–Crippen LogP) is 5.58. The first kappa shape index (κ1) is 56.3. The largest absolute Gasteiger partial charge is 0.392 e. The molecule has 3 aliphatic rings. The third-order valence-electron chi connectivity index (χ3n) is 14.0. The SMILES string of the molecule is CC(C)(C)NC(=O)[C@@H]1CN(Cc2cccnc2)CCN1C[C@@H](O)C[C@@H](Cc1ccccc1)C(=O)N[C@H]1c2ccccc2C[C@H]1O.CC(C)Nc1cccnc1N1CCN(C(=O)c2cc3cc(NS(C)(=O)=O)ccc3[nH]2)CC1. The van der Waals surface area contributed by atoms with Gasteiger partial charge in [-0.15, -0.1) is 0 Å². The van der Waals surface area contributed by atoms with Gasteiger partial charge >= 0.3 is 0 Å². The van der Waals surface area contributed by atoms with E-state index < -0.39 is 45.8 Å². The molecule has 2 fully saturated rings. The number of piperazine rings is 2. The van der Waals surface area contributed by atoms with Crippen molar-refractivity contribution in [3.05, 3.63) is 150 Å². The summed E-state index contributed by atoms with van der Waals surface area (Å²) < 4.78 is 25.4. The number of fused-ring (bicyclic) bond motifs is 2. The Morgan fingerprint density at radius 1 is 0.857 bits per heavy atom. The van der Waals surface area contributed by atoms with E-state index in [-0.39, 0.29) is 30.7 Å². The number of carbonyl (C=O) groups excluding carboxylic acids is 3. The summed E-state index contributed by atoms with van der Waals surface area (Å²) in [4.78, 5) is 60.7. The van der Waals surface area contributed by atoms with E-state index in [1.807, 2.05) is 111 Å². The van der Waals surface area contributed by atoms with E-state index in [9.17, 15) is 33.0 Å². The van der Waals surface area contributed by atoms with Crippen molar-refractivity contribution in [2.45, 2.75) is 96.3 Å². The summed E-state index contributed by atoms with van der Waals surface area (Å²) in [5.74, 6) is 0.0564. The summed E-state index contributed by atoms with van der Waals surface area (Å²) in [6, 6.07) is 31.8. The highest BCUT2D eigenvalue weighted by atomic mass is 32.2. The number of aromatic amines is 1. The fourth-order valence-electron chi connectivity index (χ4n) is 10.5. The van der Waals surface area contributed by atoms with Gasteiger partial charge in [-0.1, -0.05) is 60.7 Å². The van der Waals surface area contributed by atoms with Gasteiger partial charge in [0.1, 0.15) is 11.7 Å². The van der Waals surface area contributed by atoms with Crippen molar-refractivity contribution < 1.29 is 33.0 Å². The Labute approximate surface area is 452 Å². The molecule has 5 heterocycles. The topological polar surface area (TPSA) is 228 Å². The van der Waals surface area contributed by atoms with Crippen LogP contribution in [0.5, 0.6) is 0 Å². The first-order chi connectivity index (χ1) is 36.7. The fourth-order valence-corrected chi connectivity index (χ4v) is 11.0. The molecule has 7 N–H and O–H groups in total. The van der Waals surface area contributed by atoms with Gasteiger partial charge in [0.05, 0.1) is 30.2 Å². The maximum absolute atomic E-state index is 13.8. The number of hydrogen-bond acceptors (Lipinski definition) is 13. The Bertz CT molecular complexity index is 3050. The first-order valence-corrected chi connectivity index (χ1v) is 28.5. The van der Waals surface area contributed by atoms with E-state index in [2.05, 4.69) is 64.2 Å². The molecule has 0 unspecified atom stereocenters. The van der Waals surface area contributed by atoms with Crippen molar-refractivity contribution >= 4 is 55.8 Å². The summed E-state index contributed by atoms with van der Waals surface area (Å²) in [6.45, 7) is 15.5. The molecule has 410 valence electrons. The van der Waals surface area contributed by atoms with E-state index >= 15 is 0 Å². The summed E-state index contributed by atoms with van der Waals surface area (Å²) >= 11 is 0. The molecule has 18 nitrogen and oxygen atoms in total. The molecule has 1 aliphatic carbocycles. The van der Waals surface area contributed by atoms with Crippen LogP contribution in [0.15, 0.2) is 122 Å². The van der Waals surface area contributed by atoms with Gasteiger partial charge in [-0.3, -0.25) is 33.9 Å². The molecule has 77 heavy (non-hydrogen) atoms. The van der Waals surface area contributed by atoms with Crippen LogP contribution in [0.4, 0.5) is 17.2 Å². The van der Waals surface area contributed by atoms with Crippen molar-refractivity contribution in [2.75, 3.05) is 73.6 Å². The molecule has 3 aromatic carbocycles. The standard InChI is InChI=1S/C36H47N5O4.C22H28N6O3S/c1-36(2,3)39-35(45)31-24-40(22-26-12-9-15-37-21-26)16-17-41(31)23-29(42)19-28(18-25-10-5-4-6-11-25)34(44)38-33-30-14-8-7-13-27(30)20-32(33)43;1-15(2)24-19-5-4-8-23-21(19)27-9-11-28(12-10-27)22(29)20-14-16-13-17(26-32(3,30)31)6-7-18(16)25-20/h4-15,21,28-29,31-33,42-43H,16-20,22-24H2,1-3H3,(H,38,44)(H,39,45);4-8,13-15,24-26H,9-12H2,1-3H3/t28-,29+,31+,32-,33+;/m1./s1. The van der Waals surface area contributed by atoms with Crippen LogP contribution in [0.3, 0.4) is 0 Å². The van der Waals surface area contributed by atoms with Gasteiger partial charge in [0.15, 0.2) is 5.82 Å². The predicted molar refractivity (Wildman–Crippen MR) is 302 cm³/mol. The number of carbonyl (C=O) groups is 3. The Balaban J connectivity index is 0.000000216. The number of sulfonamides is 1. The third-order valence-corrected chi connectivity index (χ3v) is 14.6. The molecule has 0 spiro atoms. The van der Waals surface area contributed by atoms with Gasteiger partial charge in [0.2, 0.25) is 21.8 Å². The van der Waals surface area contributed by atoms with Gasteiger partial charge in [-0.25, -0.2) is 13.4 Å². The monoisotopic (exact) mass is 1070 g/mol. The van der Waals surface area contributed by atoms with Crippen molar-refractivity contribution in [1.82, 2.24) is 40.3 Å². The zero-order chi connectivity index (χ0) is 54.9. The number of aliphatic hydroxyl groups excluding tert-OH is 2. The zero-order valence-electron chi connectivity index (χ0n) is 45.0. The van der Waals surface area contributed by atoms with Crippen LogP contribution in [-0.4, -0.2) is 154 Å². The second kappa shape index (κ2) is 25.1. The van der Waals surface area contributed by atoms with E-state index in [1.54, 1.807) is 36.7 Å². The van der Waals surface area contributed by atoms with Crippen LogP contribution >= 0.6 is 0 Å². The minimum absolute atomic E-state index is 0.0694. The lowest BCUT2D eigenvalue weighted by Gasteiger charge is -2.42. The van der Waals surface area contributed by atoms with Gasteiger partial charge in [0, 0.05) is 118 Å². The Hall–Kier alpha value is -6.90. The van der Waals surface area contributed by atoms with Gasteiger partial charge in [-0.05, 0) is 112 Å². The van der Waals surface area contributed by atoms with E-state index in [4.69, 9.17) is 0 Å². The van der Waals surface area contributed by atoms with Crippen molar-refractivity contribution in [2.24, 2.45) is 5.92 Å². The number of aromatic nitrogens is 3. The summed E-state index contributed by atoms with van der Waals surface area (Å²) in [5, 5.41) is 32.7. The molecule has 3 aromatic heterocycles. The number of H-pyrrole nitrogens is 1. The maximum Gasteiger partial charge on any atom is 0.270 e. The average Bonchev–Trinajstić information content (AvgIpc) is 3.96. The lowest BCUT2D eigenvalue weighted by molar-refractivity contribution is -0.132. The van der Waals surface area contributed by atoms with Crippen LogP contribution in [0, 0.1) is 5.92 Å². The summed E-state index contributed by atoms with van der Waals surface area (Å²) in [6.07, 6.45) is 6.15. The highest BCUT2D eigenvalue weighted by Gasteiger charge is 2.37. The van der Waals surface area contributed by atoms with Crippen LogP contribution in [0.1, 0.15) is 79.8 Å². The van der Waals surface area contributed by atoms with Crippen LogP contribution in [-0.2, 0) is 39.0 Å². The molecule has 0 saturated carbocycles. The third kappa shape index (κ3) is 15.6. The average molecular weight is 1070 g/mol. The van der Waals surface area contributed by atoms with E-state index in [1.165, 1.54) is 0 Å². The number of hydrogen-bond donors (Lipinski definition) is 7. The molecule has 0 bridgehead atoms. The molecule has 3 amide bonds. The highest BCUT2D eigenvalue weighted by molar-refractivity contribution is 7.92. The molecular formula is C58H75N11O7S. The second-order valence-corrected chi connectivity index (χ2v) is 23.6. The molecule has 6 aromatic rings. The number of rotatable bonds is 17. The smallest absolute Gasteiger partial charge is 0.270 e. The number of nitrogens with one attached hydrogen (secondary N) is 5. The number of amides is 3. The zero-order valence-corrected chi connectivity index (χ0v) is 45.8. The molecular weight excluding hydrogens is 995 g/mol. The van der Waals surface area contributed by atoms with Gasteiger partial charge in [-0.2, -0.15) is 0 Å². The number of anilines is 3. The van der Waals surface area contributed by atoms with Crippen LogP contribution in [0.2, 0.25) is 0 Å². The quantitative estimate of drug-likeness (QED) is 0.0593. The summed E-state index contributed by atoms with van der Waals surface area (Å²) in [7, 11) is -3.36. The lowest BCUT2D eigenvalue weighted by Crippen LogP contribution is -2.61. The first-order valence-electron chi connectivity index (χ1n) is 26.6. The fraction of sp³-hybridized carbons (Fsp3) is 0.431. The summed E-state index contributed by atoms with van der Waals surface area (Å²) in [5.41, 5.74) is 6.41. The van der Waals surface area contributed by atoms with E-state index in [0.29, 0.717) is 76.1 Å². The van der Waals surface area contributed by atoms with Crippen LogP contribution in [0.25, 0.3) is 10.9 Å². The number of aliphatic hydroxyl groups is 2. The minimum atomic E-state index is -3.36. The maximum atomic E-state index is 13.8. The number of β-amino-alcohol motifs (C(OH)–C–C–N with tert-alkyl or cyclic N) is 1. The molecule has 19 heteroatoms.